The minimum absolute atomic E-state index is 0.0837. The van der Waals surface area contributed by atoms with Gasteiger partial charge in [-0.2, -0.15) is 13.2 Å². The molecule has 11 heteroatoms. The van der Waals surface area contributed by atoms with Crippen LogP contribution in [0.25, 0.3) is 0 Å². The van der Waals surface area contributed by atoms with E-state index in [4.69, 9.17) is 5.73 Å². The van der Waals surface area contributed by atoms with E-state index in [1.54, 1.807) is 0 Å². The number of hydrogen-bond acceptors (Lipinski definition) is 6. The summed E-state index contributed by atoms with van der Waals surface area (Å²) in [6, 6.07) is 2.89. The monoisotopic (exact) mass is 416 g/mol. The SMILES string of the molecule is NC(=O)Oc1ccc(C#Cc2ncnc(OCC(F)(F)F)c2Br)nc1. The van der Waals surface area contributed by atoms with Crippen LogP contribution in [0.15, 0.2) is 29.1 Å². The molecule has 0 bridgehead atoms. The third kappa shape index (κ3) is 5.92. The first-order valence-electron chi connectivity index (χ1n) is 6.40. The second-order valence-electron chi connectivity index (χ2n) is 4.30. The first kappa shape index (κ1) is 18.5. The molecule has 2 aromatic rings. The molecule has 0 saturated heterocycles. The van der Waals surface area contributed by atoms with E-state index in [9.17, 15) is 18.0 Å². The number of alkyl halides is 3. The van der Waals surface area contributed by atoms with Gasteiger partial charge in [-0.3, -0.25) is 0 Å². The van der Waals surface area contributed by atoms with E-state index in [0.29, 0.717) is 5.69 Å². The maximum absolute atomic E-state index is 12.2. The predicted octanol–water partition coefficient (Wildman–Crippen LogP) is 2.43. The number of carbonyl (C=O) groups excluding carboxylic acids is 1. The molecule has 1 amide bonds. The van der Waals surface area contributed by atoms with Crippen molar-refractivity contribution in [2.24, 2.45) is 5.73 Å². The first-order chi connectivity index (χ1) is 11.7. The lowest BCUT2D eigenvalue weighted by molar-refractivity contribution is -0.154. The second kappa shape index (κ2) is 7.80. The van der Waals surface area contributed by atoms with E-state index < -0.39 is 18.9 Å². The number of rotatable bonds is 3. The van der Waals surface area contributed by atoms with Crippen LogP contribution in [0.3, 0.4) is 0 Å². The lowest BCUT2D eigenvalue weighted by Crippen LogP contribution is -2.20. The average Bonchev–Trinajstić information content (AvgIpc) is 2.53. The van der Waals surface area contributed by atoms with Crippen molar-refractivity contribution in [3.8, 4) is 23.5 Å². The molecule has 2 aromatic heterocycles. The van der Waals surface area contributed by atoms with Crippen LogP contribution in [-0.4, -0.2) is 33.8 Å². The number of carbonyl (C=O) groups is 1. The molecule has 0 atom stereocenters. The maximum Gasteiger partial charge on any atom is 0.422 e. The van der Waals surface area contributed by atoms with Crippen LogP contribution < -0.4 is 15.2 Å². The zero-order valence-electron chi connectivity index (χ0n) is 12.2. The molecule has 7 nitrogen and oxygen atoms in total. The first-order valence-corrected chi connectivity index (χ1v) is 7.19. The average molecular weight is 417 g/mol. The highest BCUT2D eigenvalue weighted by Gasteiger charge is 2.29. The summed E-state index contributed by atoms with van der Waals surface area (Å²) in [6.07, 6.45) is -3.20. The molecule has 130 valence electrons. The van der Waals surface area contributed by atoms with Gasteiger partial charge in [0.2, 0.25) is 5.88 Å². The highest BCUT2D eigenvalue weighted by molar-refractivity contribution is 9.10. The van der Waals surface area contributed by atoms with Crippen LogP contribution in [0.4, 0.5) is 18.0 Å². The highest BCUT2D eigenvalue weighted by atomic mass is 79.9. The molecule has 0 aliphatic heterocycles. The minimum atomic E-state index is -4.49. The lowest BCUT2D eigenvalue weighted by atomic mass is 10.3. The highest BCUT2D eigenvalue weighted by Crippen LogP contribution is 2.26. The molecule has 25 heavy (non-hydrogen) atoms. The quantitative estimate of drug-likeness (QED) is 0.771. The summed E-state index contributed by atoms with van der Waals surface area (Å²) in [5.74, 6) is 5.13. The van der Waals surface area contributed by atoms with Crippen molar-refractivity contribution in [3.05, 3.63) is 40.5 Å². The van der Waals surface area contributed by atoms with Gasteiger partial charge < -0.3 is 15.2 Å². The molecular formula is C14H8BrF3N4O3. The number of aromatic nitrogens is 3. The summed E-state index contributed by atoms with van der Waals surface area (Å²) in [7, 11) is 0. The normalized spacial score (nSPS) is 10.6. The Kier molecular flexibility index (Phi) is 5.76. The standard InChI is InChI=1S/C14H8BrF3N4O3/c15-11-10(21-7-22-12(11)24-6-14(16,17)18)4-2-8-1-3-9(5-20-8)25-13(19)23/h1,3,5,7H,6H2,(H2,19,23). The van der Waals surface area contributed by atoms with Gasteiger partial charge in [0, 0.05) is 0 Å². The van der Waals surface area contributed by atoms with Gasteiger partial charge in [0.05, 0.1) is 6.20 Å². The smallest absolute Gasteiger partial charge is 0.422 e. The van der Waals surface area contributed by atoms with Crippen molar-refractivity contribution in [1.29, 1.82) is 0 Å². The van der Waals surface area contributed by atoms with Gasteiger partial charge >= 0.3 is 12.3 Å². The summed E-state index contributed by atoms with van der Waals surface area (Å²) in [5, 5.41) is 0. The summed E-state index contributed by atoms with van der Waals surface area (Å²) >= 11 is 3.05. The second-order valence-corrected chi connectivity index (χ2v) is 5.09. The third-order valence-corrected chi connectivity index (χ3v) is 3.11. The van der Waals surface area contributed by atoms with Crippen molar-refractivity contribution < 1.29 is 27.4 Å². The minimum Gasteiger partial charge on any atom is -0.467 e. The Labute approximate surface area is 147 Å². The summed E-state index contributed by atoms with van der Waals surface area (Å²) in [6.45, 7) is -1.49. The lowest BCUT2D eigenvalue weighted by Gasteiger charge is -2.09. The van der Waals surface area contributed by atoms with Gasteiger partial charge in [-0.1, -0.05) is 0 Å². The molecule has 2 heterocycles. The van der Waals surface area contributed by atoms with Crippen LogP contribution in [0.1, 0.15) is 11.4 Å². The van der Waals surface area contributed by atoms with Crippen molar-refractivity contribution in [2.75, 3.05) is 6.61 Å². The molecule has 2 rings (SSSR count). The molecule has 0 fully saturated rings. The largest absolute Gasteiger partial charge is 0.467 e. The number of nitrogens with zero attached hydrogens (tertiary/aromatic N) is 3. The number of primary amides is 1. The number of halogens is 4. The number of amides is 1. The number of nitrogens with two attached hydrogens (primary N) is 1. The fourth-order valence-corrected chi connectivity index (χ4v) is 1.86. The number of ether oxygens (including phenoxy) is 2. The molecule has 2 N–H and O–H groups in total. The fourth-order valence-electron chi connectivity index (χ4n) is 1.45. The van der Waals surface area contributed by atoms with Crippen molar-refractivity contribution in [2.45, 2.75) is 6.18 Å². The molecule has 0 unspecified atom stereocenters. The molecular weight excluding hydrogens is 409 g/mol. The summed E-state index contributed by atoms with van der Waals surface area (Å²) in [5.41, 5.74) is 5.28. The van der Waals surface area contributed by atoms with Crippen LogP contribution in [0.5, 0.6) is 11.6 Å². The fraction of sp³-hybridized carbons (Fsp3) is 0.143. The molecule has 0 aliphatic carbocycles. The maximum atomic E-state index is 12.2. The van der Waals surface area contributed by atoms with E-state index in [1.165, 1.54) is 18.3 Å². The molecule has 0 aromatic carbocycles. The van der Waals surface area contributed by atoms with E-state index in [0.717, 1.165) is 6.33 Å². The zero-order chi connectivity index (χ0) is 18.4. The molecule has 0 radical (unpaired) electrons. The molecule has 0 saturated carbocycles. The van der Waals surface area contributed by atoms with Gasteiger partial charge in [-0.05, 0) is 39.9 Å². The van der Waals surface area contributed by atoms with Gasteiger partial charge in [-0.15, -0.1) is 0 Å². The Morgan fingerprint density at radius 1 is 1.24 bits per heavy atom. The van der Waals surface area contributed by atoms with Crippen molar-refractivity contribution in [1.82, 2.24) is 15.0 Å². The predicted molar refractivity (Wildman–Crippen MR) is 81.7 cm³/mol. The van der Waals surface area contributed by atoms with Gasteiger partial charge in [-0.25, -0.2) is 19.7 Å². The summed E-state index contributed by atoms with van der Waals surface area (Å²) < 4.78 is 45.9. The Hall–Kier alpha value is -2.87. The van der Waals surface area contributed by atoms with Gasteiger partial charge in [0.1, 0.15) is 22.2 Å². The Morgan fingerprint density at radius 2 is 2.00 bits per heavy atom. The Balaban J connectivity index is 2.15. The molecule has 0 aliphatic rings. The van der Waals surface area contributed by atoms with E-state index >= 15 is 0 Å². The van der Waals surface area contributed by atoms with Crippen molar-refractivity contribution >= 4 is 22.0 Å². The van der Waals surface area contributed by atoms with Crippen LogP contribution >= 0.6 is 15.9 Å². The number of pyridine rings is 1. The summed E-state index contributed by atoms with van der Waals surface area (Å²) in [4.78, 5) is 22.0. The zero-order valence-corrected chi connectivity index (χ0v) is 13.8. The van der Waals surface area contributed by atoms with Crippen LogP contribution in [0.2, 0.25) is 0 Å². The topological polar surface area (TPSA) is 100 Å². The van der Waals surface area contributed by atoms with Gasteiger partial charge in [0.15, 0.2) is 12.4 Å². The molecule has 0 spiro atoms. The van der Waals surface area contributed by atoms with Crippen LogP contribution in [-0.2, 0) is 0 Å². The van der Waals surface area contributed by atoms with Crippen molar-refractivity contribution in [3.63, 3.8) is 0 Å². The van der Waals surface area contributed by atoms with Crippen LogP contribution in [0, 0.1) is 11.8 Å². The van der Waals surface area contributed by atoms with E-state index in [-0.39, 0.29) is 21.8 Å². The van der Waals surface area contributed by atoms with Gasteiger partial charge in [0.25, 0.3) is 0 Å². The Bertz CT molecular complexity index is 832. The third-order valence-electron chi connectivity index (χ3n) is 2.39. The van der Waals surface area contributed by atoms with E-state index in [2.05, 4.69) is 52.2 Å². The number of hydrogen-bond donors (Lipinski definition) is 1. The van der Waals surface area contributed by atoms with E-state index in [1.807, 2.05) is 0 Å². The Morgan fingerprint density at radius 3 is 2.60 bits per heavy atom.